The SMILES string of the molecule is CCNC(=NCC(C)N1CCOCC1C)NC1CCN(C(C)c2ccccc2)CC1. The minimum Gasteiger partial charge on any atom is -0.379 e. The summed E-state index contributed by atoms with van der Waals surface area (Å²) < 4.78 is 5.57. The summed E-state index contributed by atoms with van der Waals surface area (Å²) in [5.41, 5.74) is 1.41. The predicted octanol–water partition coefficient (Wildman–Crippen LogP) is 2.88. The van der Waals surface area contributed by atoms with Crippen molar-refractivity contribution in [2.45, 2.75) is 64.7 Å². The van der Waals surface area contributed by atoms with E-state index in [9.17, 15) is 0 Å². The summed E-state index contributed by atoms with van der Waals surface area (Å²) in [5.74, 6) is 0.958. The van der Waals surface area contributed by atoms with E-state index < -0.39 is 0 Å². The lowest BCUT2D eigenvalue weighted by atomic mass is 10.0. The van der Waals surface area contributed by atoms with Crippen LogP contribution in [0.2, 0.25) is 0 Å². The van der Waals surface area contributed by atoms with Crippen molar-refractivity contribution in [3.05, 3.63) is 35.9 Å². The Bertz CT molecular complexity index is 644. The van der Waals surface area contributed by atoms with Crippen LogP contribution in [0.1, 0.15) is 52.1 Å². The molecule has 0 amide bonds. The van der Waals surface area contributed by atoms with E-state index >= 15 is 0 Å². The molecule has 0 saturated carbocycles. The minimum atomic E-state index is 0.424. The number of likely N-dealkylation sites (tertiary alicyclic amines) is 1. The topological polar surface area (TPSA) is 52.1 Å². The zero-order valence-corrected chi connectivity index (χ0v) is 19.3. The Morgan fingerprint density at radius 3 is 2.57 bits per heavy atom. The van der Waals surface area contributed by atoms with Crippen molar-refractivity contribution in [3.8, 4) is 0 Å². The predicted molar refractivity (Wildman–Crippen MR) is 125 cm³/mol. The average Bonchev–Trinajstić information content (AvgIpc) is 2.78. The summed E-state index contributed by atoms with van der Waals surface area (Å²) in [4.78, 5) is 10.0. The quantitative estimate of drug-likeness (QED) is 0.530. The third-order valence-electron chi connectivity index (χ3n) is 6.54. The molecule has 1 aromatic carbocycles. The highest BCUT2D eigenvalue weighted by atomic mass is 16.5. The first-order valence-electron chi connectivity index (χ1n) is 11.8. The van der Waals surface area contributed by atoms with E-state index in [-0.39, 0.29) is 0 Å². The summed E-state index contributed by atoms with van der Waals surface area (Å²) in [5, 5.41) is 7.14. The summed E-state index contributed by atoms with van der Waals surface area (Å²) >= 11 is 0. The zero-order chi connectivity index (χ0) is 21.3. The van der Waals surface area contributed by atoms with Crippen LogP contribution in [0.25, 0.3) is 0 Å². The maximum Gasteiger partial charge on any atom is 0.191 e. The summed E-state index contributed by atoms with van der Waals surface area (Å²) in [6.45, 7) is 15.6. The third-order valence-corrected chi connectivity index (χ3v) is 6.54. The molecule has 2 N–H and O–H groups in total. The van der Waals surface area contributed by atoms with Crippen LogP contribution in [-0.4, -0.2) is 79.8 Å². The molecular weight excluding hydrogens is 374 g/mol. The molecule has 2 aliphatic rings. The Morgan fingerprint density at radius 2 is 1.90 bits per heavy atom. The van der Waals surface area contributed by atoms with Crippen LogP contribution in [0.5, 0.6) is 0 Å². The van der Waals surface area contributed by atoms with Crippen molar-refractivity contribution in [3.63, 3.8) is 0 Å². The molecule has 3 rings (SSSR count). The molecule has 1 aromatic rings. The lowest BCUT2D eigenvalue weighted by Gasteiger charge is -2.38. The fraction of sp³-hybridized carbons (Fsp3) is 0.708. The molecule has 30 heavy (non-hydrogen) atoms. The molecule has 3 atom stereocenters. The Hall–Kier alpha value is -1.63. The number of piperidine rings is 1. The number of rotatable bonds is 7. The lowest BCUT2D eigenvalue weighted by Crippen LogP contribution is -2.51. The molecule has 3 unspecified atom stereocenters. The molecule has 168 valence electrons. The van der Waals surface area contributed by atoms with Crippen LogP contribution in [0.3, 0.4) is 0 Å². The number of benzene rings is 1. The van der Waals surface area contributed by atoms with Gasteiger partial charge in [0.1, 0.15) is 0 Å². The van der Waals surface area contributed by atoms with Gasteiger partial charge in [-0.2, -0.15) is 0 Å². The van der Waals surface area contributed by atoms with Crippen molar-refractivity contribution >= 4 is 5.96 Å². The van der Waals surface area contributed by atoms with E-state index in [1.54, 1.807) is 0 Å². The maximum atomic E-state index is 5.57. The van der Waals surface area contributed by atoms with Gasteiger partial charge in [-0.1, -0.05) is 30.3 Å². The fourth-order valence-electron chi connectivity index (χ4n) is 4.61. The number of nitrogens with zero attached hydrogens (tertiary/aromatic N) is 3. The maximum absolute atomic E-state index is 5.57. The highest BCUT2D eigenvalue weighted by molar-refractivity contribution is 5.80. The van der Waals surface area contributed by atoms with Gasteiger partial charge in [0.2, 0.25) is 0 Å². The van der Waals surface area contributed by atoms with Crippen LogP contribution in [0, 0.1) is 0 Å². The molecule has 6 heteroatoms. The normalized spacial score (nSPS) is 24.4. The van der Waals surface area contributed by atoms with Crippen LogP contribution < -0.4 is 10.6 Å². The van der Waals surface area contributed by atoms with Gasteiger partial charge in [-0.15, -0.1) is 0 Å². The lowest BCUT2D eigenvalue weighted by molar-refractivity contribution is -0.0166. The van der Waals surface area contributed by atoms with Gasteiger partial charge in [0, 0.05) is 50.3 Å². The minimum absolute atomic E-state index is 0.424. The molecule has 0 bridgehead atoms. The molecular formula is C24H41N5O. The van der Waals surface area contributed by atoms with E-state index in [0.717, 1.165) is 64.7 Å². The third kappa shape index (κ3) is 6.43. The number of ether oxygens (including phenoxy) is 1. The Labute approximate surface area is 183 Å². The molecule has 0 aliphatic carbocycles. The number of aliphatic imine (C=N–C) groups is 1. The smallest absolute Gasteiger partial charge is 0.191 e. The van der Waals surface area contributed by atoms with E-state index in [2.05, 4.69) is 78.5 Å². The fourth-order valence-corrected chi connectivity index (χ4v) is 4.61. The Morgan fingerprint density at radius 1 is 1.17 bits per heavy atom. The van der Waals surface area contributed by atoms with Crippen LogP contribution >= 0.6 is 0 Å². The first kappa shape index (κ1) is 23.0. The van der Waals surface area contributed by atoms with Crippen molar-refractivity contribution in [1.82, 2.24) is 20.4 Å². The summed E-state index contributed by atoms with van der Waals surface area (Å²) in [7, 11) is 0. The van der Waals surface area contributed by atoms with Crippen LogP contribution in [-0.2, 0) is 4.74 Å². The van der Waals surface area contributed by atoms with Crippen LogP contribution in [0.15, 0.2) is 35.3 Å². The highest BCUT2D eigenvalue weighted by Crippen LogP contribution is 2.24. The summed E-state index contributed by atoms with van der Waals surface area (Å²) in [6, 6.07) is 12.7. The van der Waals surface area contributed by atoms with Gasteiger partial charge in [-0.05, 0) is 46.1 Å². The highest BCUT2D eigenvalue weighted by Gasteiger charge is 2.25. The summed E-state index contributed by atoms with van der Waals surface area (Å²) in [6.07, 6.45) is 2.30. The molecule has 6 nitrogen and oxygen atoms in total. The van der Waals surface area contributed by atoms with E-state index in [1.165, 1.54) is 5.56 Å². The van der Waals surface area contributed by atoms with E-state index in [0.29, 0.717) is 24.2 Å². The zero-order valence-electron chi connectivity index (χ0n) is 19.3. The molecule has 2 aliphatic heterocycles. The van der Waals surface area contributed by atoms with Crippen molar-refractivity contribution < 1.29 is 4.74 Å². The molecule has 0 spiro atoms. The monoisotopic (exact) mass is 415 g/mol. The first-order valence-corrected chi connectivity index (χ1v) is 11.8. The Balaban J connectivity index is 1.49. The molecule has 0 aromatic heterocycles. The van der Waals surface area contributed by atoms with Crippen molar-refractivity contribution in [2.24, 2.45) is 4.99 Å². The molecule has 2 saturated heterocycles. The van der Waals surface area contributed by atoms with Crippen LogP contribution in [0.4, 0.5) is 0 Å². The van der Waals surface area contributed by atoms with Gasteiger partial charge in [-0.3, -0.25) is 14.8 Å². The first-order chi connectivity index (χ1) is 14.6. The van der Waals surface area contributed by atoms with Gasteiger partial charge in [0.05, 0.1) is 19.8 Å². The van der Waals surface area contributed by atoms with Gasteiger partial charge in [-0.25, -0.2) is 0 Å². The van der Waals surface area contributed by atoms with Gasteiger partial charge < -0.3 is 15.4 Å². The van der Waals surface area contributed by atoms with Gasteiger partial charge >= 0.3 is 0 Å². The van der Waals surface area contributed by atoms with E-state index in [1.807, 2.05) is 0 Å². The van der Waals surface area contributed by atoms with Gasteiger partial charge in [0.15, 0.2) is 5.96 Å². The molecule has 0 radical (unpaired) electrons. The second-order valence-electron chi connectivity index (χ2n) is 8.77. The number of nitrogens with one attached hydrogen (secondary N) is 2. The average molecular weight is 416 g/mol. The number of hydrogen-bond donors (Lipinski definition) is 2. The second kappa shape index (κ2) is 11.7. The Kier molecular flexibility index (Phi) is 8.97. The second-order valence-corrected chi connectivity index (χ2v) is 8.77. The number of guanidine groups is 1. The molecule has 2 heterocycles. The number of morpholine rings is 1. The largest absolute Gasteiger partial charge is 0.379 e. The standard InChI is InChI=1S/C24H41N5O/c1-5-25-24(26-17-19(2)29-15-16-30-18-20(29)3)27-23-11-13-28(14-12-23)21(4)22-9-7-6-8-10-22/h6-10,19-21,23H,5,11-18H2,1-4H3,(H2,25,26,27). The number of hydrogen-bond acceptors (Lipinski definition) is 4. The van der Waals surface area contributed by atoms with Gasteiger partial charge in [0.25, 0.3) is 0 Å². The van der Waals surface area contributed by atoms with Crippen molar-refractivity contribution in [2.75, 3.05) is 45.9 Å². The van der Waals surface area contributed by atoms with Crippen molar-refractivity contribution in [1.29, 1.82) is 0 Å². The van der Waals surface area contributed by atoms with E-state index in [4.69, 9.17) is 9.73 Å². The molecule has 2 fully saturated rings.